The molecule has 0 bridgehead atoms. The highest BCUT2D eigenvalue weighted by Crippen LogP contribution is 2.16. The number of unbranched alkanes of at least 4 members (excludes halogenated alkanes) is 9. The summed E-state index contributed by atoms with van der Waals surface area (Å²) >= 11 is 5.63. The van der Waals surface area contributed by atoms with Gasteiger partial charge in [0.1, 0.15) is 6.10 Å². The molecule has 1 atom stereocenters. The molecule has 0 N–H and O–H groups in total. The van der Waals surface area contributed by atoms with Crippen molar-refractivity contribution in [1.29, 1.82) is 0 Å². The number of ether oxygens (including phenoxy) is 1. The Morgan fingerprint density at radius 1 is 0.783 bits per heavy atom. The van der Waals surface area contributed by atoms with Gasteiger partial charge in [-0.15, -0.1) is 11.6 Å². The molecule has 0 aromatic carbocycles. The van der Waals surface area contributed by atoms with Crippen LogP contribution in [0.25, 0.3) is 0 Å². The van der Waals surface area contributed by atoms with E-state index in [0.29, 0.717) is 12.3 Å². The van der Waals surface area contributed by atoms with E-state index in [-0.39, 0.29) is 12.1 Å². The normalized spacial score (nSPS) is 12.3. The third-order valence-electron chi connectivity index (χ3n) is 4.30. The molecule has 23 heavy (non-hydrogen) atoms. The van der Waals surface area contributed by atoms with Crippen LogP contribution in [-0.2, 0) is 9.53 Å². The largest absolute Gasteiger partial charge is 0.462 e. The highest BCUT2D eigenvalue weighted by atomic mass is 35.5. The quantitative estimate of drug-likeness (QED) is 0.160. The van der Waals surface area contributed by atoms with Gasteiger partial charge in [0, 0.05) is 12.3 Å². The van der Waals surface area contributed by atoms with Gasteiger partial charge >= 0.3 is 5.97 Å². The summed E-state index contributed by atoms with van der Waals surface area (Å²) < 4.78 is 5.63. The van der Waals surface area contributed by atoms with Crippen LogP contribution in [0.5, 0.6) is 0 Å². The van der Waals surface area contributed by atoms with Gasteiger partial charge in [-0.2, -0.15) is 0 Å². The van der Waals surface area contributed by atoms with Crippen LogP contribution in [0, 0.1) is 0 Å². The van der Waals surface area contributed by atoms with Crippen molar-refractivity contribution in [2.75, 3.05) is 5.88 Å². The number of hydrogen-bond donors (Lipinski definition) is 0. The number of alkyl halides is 1. The molecule has 0 fully saturated rings. The summed E-state index contributed by atoms with van der Waals surface area (Å²) in [5, 5.41) is 0. The van der Waals surface area contributed by atoms with Crippen molar-refractivity contribution in [3.8, 4) is 0 Å². The van der Waals surface area contributed by atoms with Crippen molar-refractivity contribution in [3.05, 3.63) is 0 Å². The molecule has 0 aromatic heterocycles. The molecule has 0 spiro atoms. The maximum absolute atomic E-state index is 11.8. The smallest absolute Gasteiger partial charge is 0.306 e. The van der Waals surface area contributed by atoms with Crippen LogP contribution in [-0.4, -0.2) is 18.0 Å². The van der Waals surface area contributed by atoms with Crippen molar-refractivity contribution >= 4 is 17.6 Å². The third kappa shape index (κ3) is 16.4. The zero-order valence-electron chi connectivity index (χ0n) is 15.6. The minimum Gasteiger partial charge on any atom is -0.462 e. The second-order valence-corrected chi connectivity index (χ2v) is 7.04. The Morgan fingerprint density at radius 3 is 1.96 bits per heavy atom. The fraction of sp³-hybridized carbons (Fsp3) is 0.950. The van der Waals surface area contributed by atoms with Gasteiger partial charge in [0.05, 0.1) is 0 Å². The highest BCUT2D eigenvalue weighted by Gasteiger charge is 2.13. The molecule has 138 valence electrons. The fourth-order valence-corrected chi connectivity index (χ4v) is 3.06. The van der Waals surface area contributed by atoms with E-state index in [2.05, 4.69) is 13.8 Å². The predicted molar refractivity (Wildman–Crippen MR) is 101 cm³/mol. The second-order valence-electron chi connectivity index (χ2n) is 6.66. The van der Waals surface area contributed by atoms with Crippen LogP contribution in [0.3, 0.4) is 0 Å². The van der Waals surface area contributed by atoms with E-state index in [1.54, 1.807) is 0 Å². The molecular weight excluding hydrogens is 308 g/mol. The average Bonchev–Trinajstić information content (AvgIpc) is 2.53. The monoisotopic (exact) mass is 346 g/mol. The van der Waals surface area contributed by atoms with Gasteiger partial charge in [-0.3, -0.25) is 4.79 Å². The minimum absolute atomic E-state index is 0.0375. The zero-order valence-corrected chi connectivity index (χ0v) is 16.3. The summed E-state index contributed by atoms with van der Waals surface area (Å²) in [6.45, 7) is 4.42. The Balaban J connectivity index is 3.61. The van der Waals surface area contributed by atoms with Crippen LogP contribution < -0.4 is 0 Å². The molecule has 0 rings (SSSR count). The molecule has 0 aromatic rings. The Morgan fingerprint density at radius 2 is 1.39 bits per heavy atom. The number of esters is 1. The molecule has 2 nitrogen and oxygen atoms in total. The molecule has 0 aliphatic heterocycles. The summed E-state index contributed by atoms with van der Waals surface area (Å²) in [7, 11) is 0. The first-order valence-corrected chi connectivity index (χ1v) is 10.5. The van der Waals surface area contributed by atoms with E-state index < -0.39 is 0 Å². The first kappa shape index (κ1) is 22.8. The summed E-state index contributed by atoms with van der Waals surface area (Å²) in [6.07, 6.45) is 17.5. The van der Waals surface area contributed by atoms with Gasteiger partial charge in [0.25, 0.3) is 0 Å². The molecule has 1 unspecified atom stereocenters. The first-order chi connectivity index (χ1) is 11.2. The molecule has 0 saturated heterocycles. The maximum atomic E-state index is 11.8. The number of hydrogen-bond acceptors (Lipinski definition) is 2. The lowest BCUT2D eigenvalue weighted by Gasteiger charge is -2.17. The average molecular weight is 347 g/mol. The summed E-state index contributed by atoms with van der Waals surface area (Å²) in [4.78, 5) is 11.8. The number of halogens is 1. The van der Waals surface area contributed by atoms with Crippen LogP contribution in [0.4, 0.5) is 0 Å². The topological polar surface area (TPSA) is 26.3 Å². The number of carbonyl (C=O) groups excluding carboxylic acids is 1. The van der Waals surface area contributed by atoms with Gasteiger partial charge in [-0.05, 0) is 32.1 Å². The van der Waals surface area contributed by atoms with Crippen molar-refractivity contribution in [2.24, 2.45) is 0 Å². The number of carbonyl (C=O) groups is 1. The molecule has 0 saturated carbocycles. The van der Waals surface area contributed by atoms with Gasteiger partial charge < -0.3 is 4.74 Å². The zero-order chi connectivity index (χ0) is 17.2. The Bertz CT molecular complexity index is 256. The SMILES string of the molecule is CCCCCCCCCCCC(CCC)OC(=O)CCCCCl. The lowest BCUT2D eigenvalue weighted by molar-refractivity contribution is -0.149. The summed E-state index contributed by atoms with van der Waals surface area (Å²) in [5.74, 6) is 0.592. The lowest BCUT2D eigenvalue weighted by atomic mass is 10.0. The molecule has 3 heteroatoms. The van der Waals surface area contributed by atoms with Gasteiger partial charge in [0.2, 0.25) is 0 Å². The molecule has 0 radical (unpaired) electrons. The van der Waals surface area contributed by atoms with E-state index in [9.17, 15) is 4.79 Å². The molecule has 0 heterocycles. The van der Waals surface area contributed by atoms with E-state index in [1.165, 1.54) is 57.8 Å². The standard InChI is InChI=1S/C20H39ClO2/c1-3-5-6-7-8-9-10-11-12-16-19(15-4-2)23-20(22)17-13-14-18-21/h19H,3-18H2,1-2H3. The van der Waals surface area contributed by atoms with Crippen LogP contribution >= 0.6 is 11.6 Å². The third-order valence-corrected chi connectivity index (χ3v) is 4.57. The van der Waals surface area contributed by atoms with E-state index in [4.69, 9.17) is 16.3 Å². The second kappa shape index (κ2) is 18.1. The van der Waals surface area contributed by atoms with Gasteiger partial charge in [-0.1, -0.05) is 71.6 Å². The van der Waals surface area contributed by atoms with E-state index >= 15 is 0 Å². The summed E-state index contributed by atoms with van der Waals surface area (Å²) in [6, 6.07) is 0. The molecular formula is C20H39ClO2. The number of rotatable bonds is 17. The highest BCUT2D eigenvalue weighted by molar-refractivity contribution is 6.17. The van der Waals surface area contributed by atoms with Gasteiger partial charge in [0.15, 0.2) is 0 Å². The Labute approximate surface area is 149 Å². The lowest BCUT2D eigenvalue weighted by Crippen LogP contribution is -2.18. The summed E-state index contributed by atoms with van der Waals surface area (Å²) in [5.41, 5.74) is 0. The van der Waals surface area contributed by atoms with Crippen LogP contribution in [0.1, 0.15) is 110 Å². The molecule has 0 aliphatic carbocycles. The molecule has 0 aliphatic rings. The predicted octanol–water partition coefficient (Wildman–Crippen LogP) is 7.03. The van der Waals surface area contributed by atoms with E-state index in [0.717, 1.165) is 32.1 Å². The minimum atomic E-state index is -0.0375. The fourth-order valence-electron chi connectivity index (χ4n) is 2.88. The first-order valence-electron chi connectivity index (χ1n) is 10.00. The van der Waals surface area contributed by atoms with Crippen LogP contribution in [0.2, 0.25) is 0 Å². The van der Waals surface area contributed by atoms with Crippen molar-refractivity contribution in [3.63, 3.8) is 0 Å². The van der Waals surface area contributed by atoms with E-state index in [1.807, 2.05) is 0 Å². The van der Waals surface area contributed by atoms with Crippen LogP contribution in [0.15, 0.2) is 0 Å². The maximum Gasteiger partial charge on any atom is 0.306 e. The molecule has 0 amide bonds. The Kier molecular flexibility index (Phi) is 17.9. The van der Waals surface area contributed by atoms with Gasteiger partial charge in [-0.25, -0.2) is 0 Å². The van der Waals surface area contributed by atoms with Crippen molar-refractivity contribution in [1.82, 2.24) is 0 Å². The van der Waals surface area contributed by atoms with Crippen molar-refractivity contribution < 1.29 is 9.53 Å². The van der Waals surface area contributed by atoms with Crippen molar-refractivity contribution in [2.45, 2.75) is 116 Å². The Hall–Kier alpha value is -0.240.